The molecule has 2 saturated heterocycles. The fourth-order valence-corrected chi connectivity index (χ4v) is 4.03. The highest BCUT2D eigenvalue weighted by molar-refractivity contribution is 5.80. The number of hydrogen-bond acceptors (Lipinski definition) is 4. The number of hydrogen-bond donors (Lipinski definition) is 1. The molecule has 2 aliphatic heterocycles. The Morgan fingerprint density at radius 1 is 1.25 bits per heavy atom. The van der Waals surface area contributed by atoms with E-state index < -0.39 is 0 Å². The minimum atomic E-state index is 0.150. The second-order valence-electron chi connectivity index (χ2n) is 7.42. The summed E-state index contributed by atoms with van der Waals surface area (Å²) in [5.41, 5.74) is 2.24. The number of benzene rings is 1. The van der Waals surface area contributed by atoms with Crippen molar-refractivity contribution in [1.82, 2.24) is 19.8 Å². The predicted molar refractivity (Wildman–Crippen MR) is 111 cm³/mol. The van der Waals surface area contributed by atoms with Crippen molar-refractivity contribution in [3.05, 3.63) is 30.6 Å². The van der Waals surface area contributed by atoms with E-state index in [2.05, 4.69) is 44.9 Å². The molecule has 1 aromatic carbocycles. The van der Waals surface area contributed by atoms with Crippen molar-refractivity contribution in [2.45, 2.75) is 44.9 Å². The fourth-order valence-electron chi connectivity index (χ4n) is 4.03. The van der Waals surface area contributed by atoms with E-state index in [1.807, 2.05) is 12.4 Å². The average molecular weight is 386 g/mol. The number of nitrogens with one attached hydrogen (secondary N) is 1. The minimum absolute atomic E-state index is 0.150. The summed E-state index contributed by atoms with van der Waals surface area (Å²) in [6, 6.07) is 8.26. The molecule has 1 N–H and O–H groups in total. The van der Waals surface area contributed by atoms with Crippen LogP contribution in [-0.4, -0.2) is 72.0 Å². The van der Waals surface area contributed by atoms with Crippen LogP contribution in [0.4, 0.5) is 0 Å². The Morgan fingerprint density at radius 2 is 2.14 bits per heavy atom. The van der Waals surface area contributed by atoms with E-state index in [0.717, 1.165) is 76.7 Å². The maximum atomic E-state index is 5.98. The van der Waals surface area contributed by atoms with E-state index in [4.69, 9.17) is 14.5 Å². The number of morpholine rings is 1. The lowest BCUT2D eigenvalue weighted by atomic mass is 10.1. The average Bonchev–Trinajstić information content (AvgIpc) is 3.41. The number of aromatic nitrogens is 2. The first kappa shape index (κ1) is 19.2. The molecule has 0 amide bonds. The number of rotatable bonds is 6. The van der Waals surface area contributed by atoms with E-state index in [9.17, 15) is 0 Å². The van der Waals surface area contributed by atoms with Gasteiger partial charge in [-0.1, -0.05) is 12.1 Å². The highest BCUT2D eigenvalue weighted by Crippen LogP contribution is 2.21. The third-order valence-corrected chi connectivity index (χ3v) is 5.45. The normalized spacial score (nSPS) is 23.5. The lowest BCUT2D eigenvalue weighted by Gasteiger charge is -2.37. The number of fused-ring (bicyclic) bond motifs is 1. The van der Waals surface area contributed by atoms with Gasteiger partial charge in [-0.2, -0.15) is 0 Å². The molecule has 4 rings (SSSR count). The van der Waals surface area contributed by atoms with Crippen LogP contribution in [0.15, 0.2) is 35.6 Å². The summed E-state index contributed by atoms with van der Waals surface area (Å²) in [5.74, 6) is 0.990. The summed E-state index contributed by atoms with van der Waals surface area (Å²) < 4.78 is 14.0. The highest BCUT2D eigenvalue weighted by atomic mass is 16.5. The third kappa shape index (κ3) is 4.47. The van der Waals surface area contributed by atoms with Gasteiger partial charge in [-0.25, -0.2) is 4.98 Å². The number of imidazole rings is 1. The van der Waals surface area contributed by atoms with Gasteiger partial charge in [-0.3, -0.25) is 4.99 Å². The molecule has 0 aliphatic carbocycles. The van der Waals surface area contributed by atoms with Crippen LogP contribution in [0.2, 0.25) is 0 Å². The molecular formula is C21H31N5O2. The van der Waals surface area contributed by atoms with Crippen molar-refractivity contribution in [3.63, 3.8) is 0 Å². The Kier molecular flexibility index (Phi) is 6.44. The third-order valence-electron chi connectivity index (χ3n) is 5.45. The Balaban J connectivity index is 1.33. The first-order valence-corrected chi connectivity index (χ1v) is 10.5. The summed E-state index contributed by atoms with van der Waals surface area (Å²) in [5, 5.41) is 3.45. The maximum absolute atomic E-state index is 5.98. The standard InChI is InChI=1S/C21H31N5O2/c1-2-22-21(25-12-14-28-20(15-25)19-9-5-13-27-19)23-10-6-11-26-16-24-17-7-3-4-8-18(17)26/h3-4,7-8,16,19-20H,2,5-6,9-15H2,1H3,(H,22,23). The monoisotopic (exact) mass is 385 g/mol. The van der Waals surface area contributed by atoms with Gasteiger partial charge in [0.25, 0.3) is 0 Å². The van der Waals surface area contributed by atoms with E-state index in [0.29, 0.717) is 0 Å². The van der Waals surface area contributed by atoms with Gasteiger partial charge in [0.15, 0.2) is 5.96 Å². The number of nitrogens with zero attached hydrogens (tertiary/aromatic N) is 4. The second-order valence-corrected chi connectivity index (χ2v) is 7.42. The summed E-state index contributed by atoms with van der Waals surface area (Å²) >= 11 is 0. The van der Waals surface area contributed by atoms with Gasteiger partial charge < -0.3 is 24.3 Å². The molecule has 7 nitrogen and oxygen atoms in total. The Hall–Kier alpha value is -2.12. The maximum Gasteiger partial charge on any atom is 0.194 e. The quantitative estimate of drug-likeness (QED) is 0.470. The molecule has 2 unspecified atom stereocenters. The number of guanidine groups is 1. The molecule has 0 saturated carbocycles. The van der Waals surface area contributed by atoms with Crippen LogP contribution in [0.5, 0.6) is 0 Å². The Bertz CT molecular complexity index is 784. The van der Waals surface area contributed by atoms with E-state index in [1.54, 1.807) is 0 Å². The van der Waals surface area contributed by atoms with Crippen molar-refractivity contribution in [2.24, 2.45) is 4.99 Å². The van der Waals surface area contributed by atoms with Crippen LogP contribution in [0.3, 0.4) is 0 Å². The second kappa shape index (κ2) is 9.39. The lowest BCUT2D eigenvalue weighted by Crippen LogP contribution is -2.53. The van der Waals surface area contributed by atoms with Gasteiger partial charge >= 0.3 is 0 Å². The van der Waals surface area contributed by atoms with Gasteiger partial charge in [0.05, 0.1) is 30.1 Å². The molecule has 2 aliphatic rings. The number of ether oxygens (including phenoxy) is 2. The van der Waals surface area contributed by atoms with Crippen molar-refractivity contribution in [1.29, 1.82) is 0 Å². The fraction of sp³-hybridized carbons (Fsp3) is 0.619. The summed E-state index contributed by atoms with van der Waals surface area (Å²) in [6.45, 7) is 8.02. The van der Waals surface area contributed by atoms with Crippen LogP contribution < -0.4 is 5.32 Å². The highest BCUT2D eigenvalue weighted by Gasteiger charge is 2.32. The van der Waals surface area contributed by atoms with Crippen molar-refractivity contribution >= 4 is 17.0 Å². The lowest BCUT2D eigenvalue weighted by molar-refractivity contribution is -0.0817. The van der Waals surface area contributed by atoms with Crippen LogP contribution in [0.1, 0.15) is 26.2 Å². The van der Waals surface area contributed by atoms with E-state index in [-0.39, 0.29) is 12.2 Å². The van der Waals surface area contributed by atoms with Gasteiger partial charge in [0.1, 0.15) is 6.10 Å². The van der Waals surface area contributed by atoms with Crippen molar-refractivity contribution < 1.29 is 9.47 Å². The molecule has 3 heterocycles. The van der Waals surface area contributed by atoms with Crippen LogP contribution in [0.25, 0.3) is 11.0 Å². The number of aliphatic imine (C=N–C) groups is 1. The zero-order chi connectivity index (χ0) is 19.2. The Morgan fingerprint density at radius 3 is 3.00 bits per heavy atom. The van der Waals surface area contributed by atoms with Gasteiger partial charge in [-0.15, -0.1) is 0 Å². The summed E-state index contributed by atoms with van der Waals surface area (Å²) in [4.78, 5) is 11.7. The van der Waals surface area contributed by atoms with E-state index >= 15 is 0 Å². The largest absolute Gasteiger partial charge is 0.375 e. The molecule has 152 valence electrons. The van der Waals surface area contributed by atoms with Gasteiger partial charge in [0.2, 0.25) is 0 Å². The molecule has 2 aromatic rings. The smallest absolute Gasteiger partial charge is 0.194 e. The SMILES string of the molecule is CCNC(=NCCCn1cnc2ccccc21)N1CCOC(C2CCCO2)C1. The zero-order valence-corrected chi connectivity index (χ0v) is 16.7. The topological polar surface area (TPSA) is 63.9 Å². The molecule has 2 atom stereocenters. The van der Waals surface area contributed by atoms with Crippen LogP contribution in [-0.2, 0) is 16.0 Å². The first-order chi connectivity index (χ1) is 13.8. The van der Waals surface area contributed by atoms with Crippen molar-refractivity contribution in [2.75, 3.05) is 39.4 Å². The molecule has 28 heavy (non-hydrogen) atoms. The summed E-state index contributed by atoms with van der Waals surface area (Å²) in [7, 11) is 0. The van der Waals surface area contributed by atoms with E-state index in [1.165, 1.54) is 5.52 Å². The molecule has 0 spiro atoms. The van der Waals surface area contributed by atoms with Gasteiger partial charge in [-0.05, 0) is 38.3 Å². The molecule has 0 bridgehead atoms. The number of aryl methyl sites for hydroxylation is 1. The zero-order valence-electron chi connectivity index (χ0n) is 16.7. The summed E-state index contributed by atoms with van der Waals surface area (Å²) in [6.07, 6.45) is 5.53. The molecule has 7 heteroatoms. The minimum Gasteiger partial charge on any atom is -0.375 e. The van der Waals surface area contributed by atoms with Crippen LogP contribution >= 0.6 is 0 Å². The van der Waals surface area contributed by atoms with Gasteiger partial charge in [0, 0.05) is 39.3 Å². The van der Waals surface area contributed by atoms with Crippen LogP contribution in [0, 0.1) is 0 Å². The Labute approximate surface area is 166 Å². The molecular weight excluding hydrogens is 354 g/mol. The number of para-hydroxylation sites is 2. The molecule has 0 radical (unpaired) electrons. The predicted octanol–water partition coefficient (Wildman–Crippen LogP) is 2.27. The molecule has 1 aromatic heterocycles. The van der Waals surface area contributed by atoms with Crippen molar-refractivity contribution in [3.8, 4) is 0 Å². The first-order valence-electron chi connectivity index (χ1n) is 10.5. The molecule has 2 fully saturated rings.